The molecule has 0 amide bonds. The Kier molecular flexibility index (Phi) is 7.40. The number of ether oxygens (including phenoxy) is 2. The number of fused-ring (bicyclic) bond motifs is 1. The standard InChI is InChI=1S/C28H29ClN6O4/c29-19-3-1-18(2-4-19)13-20-14-30-15-26(31-20)39-21-7-10-34(11-8-21)17-25-32-23-5-6-24(28(36)37)33-27(23)35(25)16-22-9-12-38-22/h1-6,14-15,21-22H,7-13,16-17H2,(H,36,37)/t22-/m0/s1. The van der Waals surface area contributed by atoms with Crippen molar-refractivity contribution in [3.05, 3.63) is 76.6 Å². The molecule has 6 rings (SSSR count). The highest BCUT2D eigenvalue weighted by molar-refractivity contribution is 6.30. The summed E-state index contributed by atoms with van der Waals surface area (Å²) in [7, 11) is 0. The third kappa shape index (κ3) is 6.03. The fraction of sp³-hybridized carbons (Fsp3) is 0.393. The Bertz CT molecular complexity index is 1460. The lowest BCUT2D eigenvalue weighted by atomic mass is 10.1. The zero-order chi connectivity index (χ0) is 26.8. The number of likely N-dealkylation sites (tertiary alicyclic amines) is 1. The molecule has 4 aromatic rings. The SMILES string of the molecule is O=C(O)c1ccc2nc(CN3CCC(Oc4cncc(Cc5ccc(Cl)cc5)n4)CC3)n(C[C@@H]3CCO3)c2n1. The van der Waals surface area contributed by atoms with Crippen molar-refractivity contribution >= 4 is 28.7 Å². The first-order valence-electron chi connectivity index (χ1n) is 13.2. The fourth-order valence-corrected chi connectivity index (χ4v) is 5.13. The summed E-state index contributed by atoms with van der Waals surface area (Å²) < 4.78 is 13.9. The Labute approximate surface area is 230 Å². The number of pyridine rings is 1. The Morgan fingerprint density at radius 3 is 2.56 bits per heavy atom. The van der Waals surface area contributed by atoms with Crippen molar-refractivity contribution in [2.45, 2.75) is 51.0 Å². The zero-order valence-corrected chi connectivity index (χ0v) is 22.1. The minimum atomic E-state index is -1.05. The van der Waals surface area contributed by atoms with Gasteiger partial charge in [0.05, 0.1) is 31.1 Å². The van der Waals surface area contributed by atoms with Gasteiger partial charge in [-0.1, -0.05) is 23.7 Å². The van der Waals surface area contributed by atoms with E-state index in [4.69, 9.17) is 26.1 Å². The van der Waals surface area contributed by atoms with E-state index in [1.54, 1.807) is 18.5 Å². The number of nitrogens with zero attached hydrogens (tertiary/aromatic N) is 6. The van der Waals surface area contributed by atoms with Crippen LogP contribution in [0, 0.1) is 0 Å². The summed E-state index contributed by atoms with van der Waals surface area (Å²) in [5.74, 6) is 0.367. The Balaban J connectivity index is 1.09. The van der Waals surface area contributed by atoms with E-state index in [2.05, 4.69) is 19.9 Å². The number of imidazole rings is 1. The molecule has 0 unspecified atom stereocenters. The smallest absolute Gasteiger partial charge is 0.354 e. The molecule has 39 heavy (non-hydrogen) atoms. The zero-order valence-electron chi connectivity index (χ0n) is 21.4. The maximum Gasteiger partial charge on any atom is 0.354 e. The number of aromatic carboxylic acids is 1. The quantitative estimate of drug-likeness (QED) is 0.331. The Hall–Kier alpha value is -3.60. The van der Waals surface area contributed by atoms with E-state index in [0.717, 1.165) is 56.0 Å². The van der Waals surface area contributed by atoms with Gasteiger partial charge in [0.25, 0.3) is 0 Å². The highest BCUT2D eigenvalue weighted by Crippen LogP contribution is 2.24. The maximum absolute atomic E-state index is 11.5. The number of rotatable bonds is 9. The van der Waals surface area contributed by atoms with E-state index in [1.807, 2.05) is 28.8 Å². The van der Waals surface area contributed by atoms with Gasteiger partial charge in [-0.3, -0.25) is 9.88 Å². The van der Waals surface area contributed by atoms with E-state index < -0.39 is 5.97 Å². The van der Waals surface area contributed by atoms with Crippen molar-refractivity contribution in [1.29, 1.82) is 0 Å². The summed E-state index contributed by atoms with van der Waals surface area (Å²) in [5, 5.41) is 10.1. The van der Waals surface area contributed by atoms with Crippen LogP contribution in [-0.4, -0.2) is 72.4 Å². The number of carbonyl (C=O) groups is 1. The summed E-state index contributed by atoms with van der Waals surface area (Å²) in [5.41, 5.74) is 3.27. The summed E-state index contributed by atoms with van der Waals surface area (Å²) in [6.07, 6.45) is 6.95. The molecule has 0 spiro atoms. The number of carboxylic acid groups (broad SMARTS) is 1. The lowest BCUT2D eigenvalue weighted by molar-refractivity contribution is -0.0593. The number of hydrogen-bond donors (Lipinski definition) is 1. The lowest BCUT2D eigenvalue weighted by Gasteiger charge is -2.32. The molecule has 2 fully saturated rings. The summed E-state index contributed by atoms with van der Waals surface area (Å²) in [6, 6.07) is 11.0. The van der Waals surface area contributed by atoms with Gasteiger partial charge < -0.3 is 19.1 Å². The van der Waals surface area contributed by atoms with Crippen LogP contribution in [0.15, 0.2) is 48.8 Å². The first-order chi connectivity index (χ1) is 19.0. The fourth-order valence-electron chi connectivity index (χ4n) is 5.01. The molecule has 0 saturated carbocycles. The third-order valence-corrected chi connectivity index (χ3v) is 7.47. The minimum Gasteiger partial charge on any atom is -0.477 e. The second-order valence-corrected chi connectivity index (χ2v) is 10.4. The molecule has 2 aliphatic heterocycles. The topological polar surface area (TPSA) is 115 Å². The van der Waals surface area contributed by atoms with Gasteiger partial charge in [-0.15, -0.1) is 0 Å². The van der Waals surface area contributed by atoms with Gasteiger partial charge in [0.2, 0.25) is 5.88 Å². The molecule has 11 heteroatoms. The predicted octanol–water partition coefficient (Wildman–Crippen LogP) is 4.00. The molecule has 5 heterocycles. The number of piperidine rings is 1. The first kappa shape index (κ1) is 25.7. The normalized spacial score (nSPS) is 18.2. The number of hydrogen-bond acceptors (Lipinski definition) is 8. The second kappa shape index (κ2) is 11.3. The van der Waals surface area contributed by atoms with Crippen LogP contribution in [-0.2, 0) is 24.2 Å². The number of carboxylic acids is 1. The van der Waals surface area contributed by atoms with Crippen LogP contribution in [0.2, 0.25) is 5.02 Å². The van der Waals surface area contributed by atoms with Crippen molar-refractivity contribution in [1.82, 2.24) is 29.4 Å². The van der Waals surface area contributed by atoms with Gasteiger partial charge in [-0.2, -0.15) is 0 Å². The predicted molar refractivity (Wildman–Crippen MR) is 144 cm³/mol. The van der Waals surface area contributed by atoms with Crippen LogP contribution >= 0.6 is 11.6 Å². The first-order valence-corrected chi connectivity index (χ1v) is 13.5. The van der Waals surface area contributed by atoms with E-state index in [0.29, 0.717) is 41.6 Å². The van der Waals surface area contributed by atoms with E-state index in [1.165, 1.54) is 6.07 Å². The van der Waals surface area contributed by atoms with Crippen molar-refractivity contribution < 1.29 is 19.4 Å². The van der Waals surface area contributed by atoms with Crippen LogP contribution in [0.4, 0.5) is 0 Å². The van der Waals surface area contributed by atoms with Crippen molar-refractivity contribution in [2.75, 3.05) is 19.7 Å². The molecule has 1 atom stereocenters. The molecule has 202 valence electrons. The molecule has 0 radical (unpaired) electrons. The number of aromatic nitrogens is 5. The molecule has 3 aromatic heterocycles. The van der Waals surface area contributed by atoms with Gasteiger partial charge in [-0.05, 0) is 49.1 Å². The van der Waals surface area contributed by atoms with E-state index >= 15 is 0 Å². The van der Waals surface area contributed by atoms with Crippen LogP contribution in [0.3, 0.4) is 0 Å². The number of halogens is 1. The van der Waals surface area contributed by atoms with Crippen LogP contribution in [0.25, 0.3) is 11.2 Å². The molecule has 0 bridgehead atoms. The van der Waals surface area contributed by atoms with Gasteiger partial charge in [0, 0.05) is 37.3 Å². The largest absolute Gasteiger partial charge is 0.477 e. The van der Waals surface area contributed by atoms with Gasteiger partial charge in [0.1, 0.15) is 17.4 Å². The maximum atomic E-state index is 11.5. The number of benzene rings is 1. The molecule has 0 aliphatic carbocycles. The summed E-state index contributed by atoms with van der Waals surface area (Å²) in [4.78, 5) is 32.0. The Morgan fingerprint density at radius 1 is 1.05 bits per heavy atom. The second-order valence-electron chi connectivity index (χ2n) is 10.0. The van der Waals surface area contributed by atoms with Gasteiger partial charge in [0.15, 0.2) is 11.3 Å². The molecule has 2 saturated heterocycles. The van der Waals surface area contributed by atoms with Crippen molar-refractivity contribution in [2.24, 2.45) is 0 Å². The van der Waals surface area contributed by atoms with Crippen LogP contribution < -0.4 is 4.74 Å². The molecular weight excluding hydrogens is 520 g/mol. The van der Waals surface area contributed by atoms with Gasteiger partial charge >= 0.3 is 5.97 Å². The third-order valence-electron chi connectivity index (χ3n) is 7.22. The minimum absolute atomic E-state index is 0.0167. The van der Waals surface area contributed by atoms with E-state index in [-0.39, 0.29) is 17.9 Å². The Morgan fingerprint density at radius 2 is 1.85 bits per heavy atom. The van der Waals surface area contributed by atoms with E-state index in [9.17, 15) is 9.90 Å². The summed E-state index contributed by atoms with van der Waals surface area (Å²) >= 11 is 5.99. The summed E-state index contributed by atoms with van der Waals surface area (Å²) in [6.45, 7) is 3.71. The van der Waals surface area contributed by atoms with Crippen molar-refractivity contribution in [3.8, 4) is 5.88 Å². The molecular formula is C28H29ClN6O4. The molecule has 1 N–H and O–H groups in total. The van der Waals surface area contributed by atoms with Gasteiger partial charge in [-0.25, -0.2) is 19.7 Å². The van der Waals surface area contributed by atoms with Crippen LogP contribution in [0.5, 0.6) is 5.88 Å². The van der Waals surface area contributed by atoms with Crippen molar-refractivity contribution in [3.63, 3.8) is 0 Å². The lowest BCUT2D eigenvalue weighted by Crippen LogP contribution is -2.39. The highest BCUT2D eigenvalue weighted by Gasteiger charge is 2.26. The average Bonchev–Trinajstić information content (AvgIpc) is 3.25. The highest BCUT2D eigenvalue weighted by atomic mass is 35.5. The molecule has 1 aromatic carbocycles. The molecule has 10 nitrogen and oxygen atoms in total. The van der Waals surface area contributed by atoms with Crippen LogP contribution in [0.1, 0.15) is 46.8 Å². The monoisotopic (exact) mass is 548 g/mol. The average molecular weight is 549 g/mol. The molecule has 2 aliphatic rings.